The van der Waals surface area contributed by atoms with Gasteiger partial charge in [-0.25, -0.2) is 4.79 Å². The van der Waals surface area contributed by atoms with E-state index in [-0.39, 0.29) is 17.1 Å². The molecule has 3 atom stereocenters. The number of carbonyl (C=O) groups excluding carboxylic acids is 2. The molecule has 32 heavy (non-hydrogen) atoms. The Morgan fingerprint density at radius 1 is 1.19 bits per heavy atom. The second kappa shape index (κ2) is 13.7. The number of aryl methyl sites for hydroxylation is 1. The minimum atomic E-state index is -1.04. The van der Waals surface area contributed by atoms with Crippen LogP contribution in [0.25, 0.3) is 0 Å². The van der Waals surface area contributed by atoms with Crippen LogP contribution in [0.4, 0.5) is 0 Å². The van der Waals surface area contributed by atoms with Crippen LogP contribution in [0.5, 0.6) is 0 Å². The number of esters is 1. The molecule has 1 fully saturated rings. The van der Waals surface area contributed by atoms with Crippen molar-refractivity contribution in [2.75, 3.05) is 24.7 Å². The number of ether oxygens (including phenoxy) is 1. The first kappa shape index (κ1) is 26.5. The molecule has 9 heteroatoms. The van der Waals surface area contributed by atoms with Crippen LogP contribution in [0, 0.1) is 0 Å². The topological polar surface area (TPSA) is 95.9 Å². The Hall–Kier alpha value is -1.71. The number of carboxylic acid groups (broad SMARTS) is 1. The highest BCUT2D eigenvalue weighted by molar-refractivity contribution is 8.17. The second-order valence-corrected chi connectivity index (χ2v) is 10.7. The molecule has 1 unspecified atom stereocenters. The lowest BCUT2D eigenvalue weighted by molar-refractivity contribution is -0.151. The molecule has 0 bridgehead atoms. The van der Waals surface area contributed by atoms with E-state index in [1.165, 1.54) is 11.8 Å². The molecule has 2 N–H and O–H groups in total. The second-order valence-electron chi connectivity index (χ2n) is 7.75. The van der Waals surface area contributed by atoms with E-state index >= 15 is 0 Å². The summed E-state index contributed by atoms with van der Waals surface area (Å²) < 4.78 is 5.37. The molecule has 1 amide bonds. The number of thioether (sulfide) groups is 2. The van der Waals surface area contributed by atoms with Gasteiger partial charge in [0.25, 0.3) is 0 Å². The van der Waals surface area contributed by atoms with Crippen molar-refractivity contribution in [3.8, 4) is 0 Å². The SMILES string of the molecule is CCOC(=O)C(CCc1ccccc1)N[C@@H](C)C(=O)N(CC1SCCCS1)[C@@H](C)C(=O)O. The van der Waals surface area contributed by atoms with Crippen LogP contribution in [0.2, 0.25) is 0 Å². The fourth-order valence-corrected chi connectivity index (χ4v) is 6.29. The van der Waals surface area contributed by atoms with E-state index in [4.69, 9.17) is 4.74 Å². The first-order valence-electron chi connectivity index (χ1n) is 11.1. The van der Waals surface area contributed by atoms with Crippen molar-refractivity contribution in [2.24, 2.45) is 0 Å². The van der Waals surface area contributed by atoms with E-state index in [1.807, 2.05) is 30.3 Å². The molecule has 2 rings (SSSR count). The van der Waals surface area contributed by atoms with Crippen molar-refractivity contribution in [3.05, 3.63) is 35.9 Å². The first-order valence-corrected chi connectivity index (χ1v) is 13.2. The van der Waals surface area contributed by atoms with Crippen LogP contribution >= 0.6 is 23.5 Å². The van der Waals surface area contributed by atoms with Gasteiger partial charge < -0.3 is 14.7 Å². The van der Waals surface area contributed by atoms with Crippen molar-refractivity contribution in [1.82, 2.24) is 10.2 Å². The summed E-state index contributed by atoms with van der Waals surface area (Å²) in [5, 5.41) is 12.7. The predicted octanol–water partition coefficient (Wildman–Crippen LogP) is 3.03. The molecule has 1 aliphatic rings. The van der Waals surface area contributed by atoms with Gasteiger partial charge >= 0.3 is 11.9 Å². The van der Waals surface area contributed by atoms with Gasteiger partial charge in [0.05, 0.1) is 17.2 Å². The number of carboxylic acids is 1. The van der Waals surface area contributed by atoms with Gasteiger partial charge in [0, 0.05) is 6.54 Å². The average molecular weight is 483 g/mol. The number of nitrogens with zero attached hydrogens (tertiary/aromatic N) is 1. The zero-order valence-corrected chi connectivity index (χ0v) is 20.6. The summed E-state index contributed by atoms with van der Waals surface area (Å²) in [5.41, 5.74) is 1.09. The van der Waals surface area contributed by atoms with Crippen LogP contribution in [0.1, 0.15) is 39.2 Å². The van der Waals surface area contributed by atoms with Gasteiger partial charge in [-0.05, 0) is 57.1 Å². The minimum absolute atomic E-state index is 0.153. The third kappa shape index (κ3) is 8.33. The van der Waals surface area contributed by atoms with Gasteiger partial charge in [0.2, 0.25) is 5.91 Å². The van der Waals surface area contributed by atoms with Gasteiger partial charge in [-0.2, -0.15) is 0 Å². The fourth-order valence-electron chi connectivity index (χ4n) is 3.46. The van der Waals surface area contributed by atoms with Gasteiger partial charge in [0.15, 0.2) is 0 Å². The maximum atomic E-state index is 13.3. The van der Waals surface area contributed by atoms with E-state index in [9.17, 15) is 19.5 Å². The molecule has 1 aliphatic heterocycles. The van der Waals surface area contributed by atoms with Crippen LogP contribution in [0.3, 0.4) is 0 Å². The quantitative estimate of drug-likeness (QED) is 0.439. The number of rotatable bonds is 12. The summed E-state index contributed by atoms with van der Waals surface area (Å²) in [5.74, 6) is 0.265. The van der Waals surface area contributed by atoms with Gasteiger partial charge in [-0.1, -0.05) is 30.3 Å². The van der Waals surface area contributed by atoms with Crippen molar-refractivity contribution in [3.63, 3.8) is 0 Å². The summed E-state index contributed by atoms with van der Waals surface area (Å²) in [6.45, 7) is 5.57. The Kier molecular flexibility index (Phi) is 11.4. The fraction of sp³-hybridized carbons (Fsp3) is 0.609. The maximum absolute atomic E-state index is 13.3. The number of carbonyl (C=O) groups is 3. The minimum Gasteiger partial charge on any atom is -0.480 e. The highest BCUT2D eigenvalue weighted by Crippen LogP contribution is 2.31. The number of amides is 1. The average Bonchev–Trinajstić information content (AvgIpc) is 2.80. The van der Waals surface area contributed by atoms with E-state index < -0.39 is 30.1 Å². The molecular formula is C23H34N2O5S2. The highest BCUT2D eigenvalue weighted by atomic mass is 32.2. The molecule has 1 aromatic rings. The van der Waals surface area contributed by atoms with Gasteiger partial charge in [0.1, 0.15) is 12.1 Å². The van der Waals surface area contributed by atoms with Crippen LogP contribution in [0.15, 0.2) is 30.3 Å². The predicted molar refractivity (Wildman–Crippen MR) is 130 cm³/mol. The van der Waals surface area contributed by atoms with Crippen molar-refractivity contribution in [1.29, 1.82) is 0 Å². The van der Waals surface area contributed by atoms with Crippen LogP contribution in [-0.4, -0.2) is 75.2 Å². The largest absolute Gasteiger partial charge is 0.480 e. The third-order valence-corrected chi connectivity index (χ3v) is 8.21. The Morgan fingerprint density at radius 3 is 2.44 bits per heavy atom. The molecule has 1 heterocycles. The zero-order chi connectivity index (χ0) is 23.5. The van der Waals surface area contributed by atoms with Crippen molar-refractivity contribution >= 4 is 41.4 Å². The van der Waals surface area contributed by atoms with Crippen molar-refractivity contribution < 1.29 is 24.2 Å². The van der Waals surface area contributed by atoms with E-state index in [0.29, 0.717) is 19.4 Å². The first-order chi connectivity index (χ1) is 15.3. The molecule has 7 nitrogen and oxygen atoms in total. The third-order valence-electron chi connectivity index (χ3n) is 5.31. The Bertz CT molecular complexity index is 743. The summed E-state index contributed by atoms with van der Waals surface area (Å²) in [6.07, 6.45) is 2.25. The monoisotopic (exact) mass is 482 g/mol. The summed E-state index contributed by atoms with van der Waals surface area (Å²) in [4.78, 5) is 38.9. The Labute approximate surface area is 199 Å². The molecule has 0 aromatic heterocycles. The summed E-state index contributed by atoms with van der Waals surface area (Å²) >= 11 is 3.53. The normalized spacial score (nSPS) is 17.2. The molecule has 1 aromatic carbocycles. The van der Waals surface area contributed by atoms with E-state index in [0.717, 1.165) is 23.5 Å². The van der Waals surface area contributed by atoms with Gasteiger partial charge in [-0.3, -0.25) is 14.9 Å². The lowest BCUT2D eigenvalue weighted by Crippen LogP contribution is -2.55. The van der Waals surface area contributed by atoms with Gasteiger partial charge in [-0.15, -0.1) is 23.5 Å². The molecule has 1 saturated heterocycles. The Morgan fingerprint density at radius 2 is 1.84 bits per heavy atom. The number of nitrogens with one attached hydrogen (secondary N) is 1. The van der Waals surface area contributed by atoms with E-state index in [1.54, 1.807) is 37.4 Å². The molecule has 0 aliphatic carbocycles. The highest BCUT2D eigenvalue weighted by Gasteiger charge is 2.33. The summed E-state index contributed by atoms with van der Waals surface area (Å²) in [7, 11) is 0. The molecule has 0 radical (unpaired) electrons. The van der Waals surface area contributed by atoms with Crippen LogP contribution in [-0.2, 0) is 25.5 Å². The van der Waals surface area contributed by atoms with Crippen molar-refractivity contribution in [2.45, 2.75) is 62.7 Å². The number of hydrogen-bond acceptors (Lipinski definition) is 7. The molecule has 0 saturated carbocycles. The number of benzene rings is 1. The number of hydrogen-bond donors (Lipinski definition) is 2. The van der Waals surface area contributed by atoms with E-state index in [2.05, 4.69) is 5.32 Å². The molecule has 178 valence electrons. The lowest BCUT2D eigenvalue weighted by atomic mass is 10.0. The summed E-state index contributed by atoms with van der Waals surface area (Å²) in [6, 6.07) is 7.49. The maximum Gasteiger partial charge on any atom is 0.326 e. The molecular weight excluding hydrogens is 448 g/mol. The molecule has 0 spiro atoms. The Balaban J connectivity index is 2.08. The zero-order valence-electron chi connectivity index (χ0n) is 19.0. The lowest BCUT2D eigenvalue weighted by Gasteiger charge is -2.34. The number of aliphatic carboxylic acids is 1. The smallest absolute Gasteiger partial charge is 0.326 e. The standard InChI is InChI=1S/C23H34N2O5S2/c1-4-30-23(29)19(12-11-18-9-6-5-7-10-18)24-16(2)21(26)25(17(3)22(27)28)15-20-31-13-8-14-32-20/h5-7,9-10,16-17,19-20,24H,4,8,11-15H2,1-3H3,(H,27,28)/t16-,17-,19?/m0/s1. The van der Waals surface area contributed by atoms with Crippen LogP contribution < -0.4 is 5.32 Å².